The third kappa shape index (κ3) is 3.08. The van der Waals surface area contributed by atoms with E-state index in [1.807, 2.05) is 6.07 Å². The van der Waals surface area contributed by atoms with Gasteiger partial charge >= 0.3 is 0 Å². The van der Waals surface area contributed by atoms with Crippen molar-refractivity contribution >= 4 is 15.7 Å². The van der Waals surface area contributed by atoms with E-state index in [9.17, 15) is 13.5 Å². The summed E-state index contributed by atoms with van der Waals surface area (Å²) in [6.45, 7) is 2.60. The Balaban J connectivity index is 2.30. The summed E-state index contributed by atoms with van der Waals surface area (Å²) in [7, 11) is -2.04. The highest BCUT2D eigenvalue weighted by Gasteiger charge is 2.23. The molecule has 0 fully saturated rings. The van der Waals surface area contributed by atoms with Gasteiger partial charge in [-0.25, -0.2) is 8.42 Å². The van der Waals surface area contributed by atoms with Gasteiger partial charge in [0, 0.05) is 25.8 Å². The largest absolute Gasteiger partial charge is 0.392 e. The molecule has 0 aliphatic carbocycles. The Hall–Kier alpha value is -1.11. The first-order valence-electron chi connectivity index (χ1n) is 6.42. The average Bonchev–Trinajstić information content (AvgIpc) is 2.37. The van der Waals surface area contributed by atoms with Crippen LogP contribution in [0, 0.1) is 0 Å². The zero-order chi connectivity index (χ0) is 14.0. The van der Waals surface area contributed by atoms with E-state index in [-0.39, 0.29) is 11.4 Å². The summed E-state index contributed by atoms with van der Waals surface area (Å²) in [5, 5.41) is 12.6. The van der Waals surface area contributed by atoms with E-state index in [1.165, 1.54) is 11.4 Å². The fourth-order valence-corrected chi connectivity index (χ4v) is 3.56. The van der Waals surface area contributed by atoms with Gasteiger partial charge in [0.1, 0.15) is 0 Å². The number of sulfonamides is 1. The van der Waals surface area contributed by atoms with Crippen LogP contribution >= 0.6 is 0 Å². The minimum atomic E-state index is -3.52. The van der Waals surface area contributed by atoms with E-state index in [0.717, 1.165) is 30.6 Å². The molecule has 1 aliphatic heterocycles. The second kappa shape index (κ2) is 5.48. The van der Waals surface area contributed by atoms with Gasteiger partial charge in [-0.3, -0.25) is 0 Å². The van der Waals surface area contributed by atoms with Gasteiger partial charge in [0.2, 0.25) is 10.0 Å². The first-order valence-corrected chi connectivity index (χ1v) is 7.86. The summed E-state index contributed by atoms with van der Waals surface area (Å²) in [6.07, 6.45) is 1.23. The Morgan fingerprint density at radius 1 is 1.47 bits per heavy atom. The van der Waals surface area contributed by atoms with Crippen molar-refractivity contribution in [1.82, 2.24) is 4.31 Å². The molecule has 0 spiro atoms. The molecular formula is C13H20N2O3S. The van der Waals surface area contributed by atoms with Gasteiger partial charge in [0.05, 0.1) is 11.0 Å². The lowest BCUT2D eigenvalue weighted by Gasteiger charge is -2.22. The van der Waals surface area contributed by atoms with E-state index in [2.05, 4.69) is 5.32 Å². The molecule has 0 aromatic heterocycles. The van der Waals surface area contributed by atoms with E-state index in [1.54, 1.807) is 19.1 Å². The maximum absolute atomic E-state index is 12.3. The summed E-state index contributed by atoms with van der Waals surface area (Å²) >= 11 is 0. The number of nitrogens with zero attached hydrogens (tertiary/aromatic N) is 1. The van der Waals surface area contributed by atoms with Crippen LogP contribution in [-0.4, -0.2) is 44.1 Å². The Morgan fingerprint density at radius 3 is 2.89 bits per heavy atom. The highest BCUT2D eigenvalue weighted by molar-refractivity contribution is 7.89. The van der Waals surface area contributed by atoms with Crippen LogP contribution in [0.2, 0.25) is 0 Å². The number of aliphatic hydroxyl groups excluding tert-OH is 1. The van der Waals surface area contributed by atoms with Crippen molar-refractivity contribution in [3.05, 3.63) is 23.8 Å². The number of hydrogen-bond acceptors (Lipinski definition) is 4. The fourth-order valence-electron chi connectivity index (χ4n) is 2.26. The van der Waals surface area contributed by atoms with E-state index >= 15 is 0 Å². The Bertz CT molecular complexity index is 555. The predicted molar refractivity (Wildman–Crippen MR) is 74.7 cm³/mol. The van der Waals surface area contributed by atoms with Crippen LogP contribution in [0.5, 0.6) is 0 Å². The molecule has 2 N–H and O–H groups in total. The van der Waals surface area contributed by atoms with Crippen LogP contribution in [0.15, 0.2) is 23.1 Å². The molecule has 6 heteroatoms. The highest BCUT2D eigenvalue weighted by atomic mass is 32.2. The zero-order valence-electron chi connectivity index (χ0n) is 11.3. The smallest absolute Gasteiger partial charge is 0.242 e. The third-order valence-electron chi connectivity index (χ3n) is 3.24. The summed E-state index contributed by atoms with van der Waals surface area (Å²) in [4.78, 5) is 0.290. The molecule has 1 aromatic carbocycles. The first kappa shape index (κ1) is 14.3. The standard InChI is InChI=1S/C13H20N2O3S/c1-10(16)9-15(2)19(17,18)12-5-6-13-11(8-12)4-3-7-14-13/h5-6,8,10,14,16H,3-4,7,9H2,1-2H3. The maximum atomic E-state index is 12.3. The predicted octanol–water partition coefficient (Wildman–Crippen LogP) is 1.05. The molecule has 1 heterocycles. The third-order valence-corrected chi connectivity index (χ3v) is 5.06. The SMILES string of the molecule is CC(O)CN(C)S(=O)(=O)c1ccc2c(c1)CCCN2. The molecular weight excluding hydrogens is 264 g/mol. The van der Waals surface area contributed by atoms with Crippen molar-refractivity contribution in [2.24, 2.45) is 0 Å². The number of aryl methyl sites for hydroxylation is 1. The molecule has 1 unspecified atom stereocenters. The summed E-state index contributed by atoms with van der Waals surface area (Å²) in [5.41, 5.74) is 2.06. The van der Waals surface area contributed by atoms with E-state index in [0.29, 0.717) is 0 Å². The molecule has 1 aliphatic rings. The van der Waals surface area contributed by atoms with Gasteiger partial charge in [-0.15, -0.1) is 0 Å². The van der Waals surface area contributed by atoms with Crippen molar-refractivity contribution in [2.75, 3.05) is 25.5 Å². The summed E-state index contributed by atoms with van der Waals surface area (Å²) in [5.74, 6) is 0. The van der Waals surface area contributed by atoms with Gasteiger partial charge in [-0.05, 0) is 43.5 Å². The quantitative estimate of drug-likeness (QED) is 0.867. The number of fused-ring (bicyclic) bond motifs is 1. The number of anilines is 1. The Morgan fingerprint density at radius 2 is 2.21 bits per heavy atom. The number of nitrogens with one attached hydrogen (secondary N) is 1. The Kier molecular flexibility index (Phi) is 4.13. The monoisotopic (exact) mass is 284 g/mol. The van der Waals surface area contributed by atoms with Gasteiger partial charge in [-0.2, -0.15) is 4.31 Å². The lowest BCUT2D eigenvalue weighted by Crippen LogP contribution is -2.33. The molecule has 0 radical (unpaired) electrons. The normalized spacial score (nSPS) is 16.8. The summed E-state index contributed by atoms with van der Waals surface area (Å²) < 4.78 is 25.9. The van der Waals surface area contributed by atoms with Crippen LogP contribution < -0.4 is 5.32 Å². The fraction of sp³-hybridized carbons (Fsp3) is 0.538. The van der Waals surface area contributed by atoms with Crippen LogP contribution in [0.4, 0.5) is 5.69 Å². The number of benzene rings is 1. The maximum Gasteiger partial charge on any atom is 0.242 e. The molecule has 5 nitrogen and oxygen atoms in total. The van der Waals surface area contributed by atoms with Crippen LogP contribution in [0.25, 0.3) is 0 Å². The van der Waals surface area contributed by atoms with Gasteiger partial charge in [0.15, 0.2) is 0 Å². The van der Waals surface area contributed by atoms with Crippen LogP contribution in [0.3, 0.4) is 0 Å². The molecule has 0 amide bonds. The van der Waals surface area contributed by atoms with Crippen molar-refractivity contribution in [1.29, 1.82) is 0 Å². The molecule has 1 atom stereocenters. The average molecular weight is 284 g/mol. The first-order chi connectivity index (χ1) is 8.91. The van der Waals surface area contributed by atoms with Crippen molar-refractivity contribution in [3.8, 4) is 0 Å². The highest BCUT2D eigenvalue weighted by Crippen LogP contribution is 2.26. The van der Waals surface area contributed by atoms with Gasteiger partial charge in [-0.1, -0.05) is 0 Å². The molecule has 0 saturated carbocycles. The van der Waals surface area contributed by atoms with Crippen LogP contribution in [0.1, 0.15) is 18.9 Å². The Labute approximate surface area is 114 Å². The van der Waals surface area contributed by atoms with Gasteiger partial charge in [0.25, 0.3) is 0 Å². The van der Waals surface area contributed by atoms with Crippen molar-refractivity contribution in [2.45, 2.75) is 30.8 Å². The lowest BCUT2D eigenvalue weighted by atomic mass is 10.0. The van der Waals surface area contributed by atoms with Gasteiger partial charge < -0.3 is 10.4 Å². The van der Waals surface area contributed by atoms with Crippen LogP contribution in [-0.2, 0) is 16.4 Å². The molecule has 19 heavy (non-hydrogen) atoms. The molecule has 106 valence electrons. The van der Waals surface area contributed by atoms with E-state index < -0.39 is 16.1 Å². The zero-order valence-corrected chi connectivity index (χ0v) is 12.1. The number of aliphatic hydroxyl groups is 1. The second-order valence-electron chi connectivity index (χ2n) is 4.98. The lowest BCUT2D eigenvalue weighted by molar-refractivity contribution is 0.171. The van der Waals surface area contributed by atoms with Crippen molar-refractivity contribution < 1.29 is 13.5 Å². The number of likely N-dealkylation sites (N-methyl/N-ethyl adjacent to an activating group) is 1. The minimum Gasteiger partial charge on any atom is -0.392 e. The molecule has 0 bridgehead atoms. The number of hydrogen-bond donors (Lipinski definition) is 2. The number of rotatable bonds is 4. The van der Waals surface area contributed by atoms with Crippen molar-refractivity contribution in [3.63, 3.8) is 0 Å². The molecule has 1 aromatic rings. The van der Waals surface area contributed by atoms with E-state index in [4.69, 9.17) is 0 Å². The molecule has 0 saturated heterocycles. The molecule has 2 rings (SSSR count). The minimum absolute atomic E-state index is 0.0949. The summed E-state index contributed by atoms with van der Waals surface area (Å²) in [6, 6.07) is 5.16. The topological polar surface area (TPSA) is 69.6 Å². The second-order valence-corrected chi connectivity index (χ2v) is 7.03.